The van der Waals surface area contributed by atoms with Crippen molar-refractivity contribution in [1.82, 2.24) is 0 Å². The zero-order valence-electron chi connectivity index (χ0n) is 8.38. The molecule has 0 fully saturated rings. The van der Waals surface area contributed by atoms with E-state index >= 15 is 0 Å². The highest BCUT2D eigenvalue weighted by molar-refractivity contribution is 5.78. The summed E-state index contributed by atoms with van der Waals surface area (Å²) in [6.07, 6.45) is 3.30. The van der Waals surface area contributed by atoms with Gasteiger partial charge in [-0.15, -0.1) is 0 Å². The first-order valence-corrected chi connectivity index (χ1v) is 4.60. The van der Waals surface area contributed by atoms with Gasteiger partial charge in [0.05, 0.1) is 25.3 Å². The van der Waals surface area contributed by atoms with Crippen LogP contribution in [-0.2, 0) is 0 Å². The van der Waals surface area contributed by atoms with Crippen LogP contribution in [0.4, 0.5) is 5.69 Å². The van der Waals surface area contributed by atoms with Crippen molar-refractivity contribution >= 4 is 11.9 Å². The lowest BCUT2D eigenvalue weighted by Crippen LogP contribution is -1.80. The molecular formula is C12H11NO2. The molecule has 0 aliphatic heterocycles. The summed E-state index contributed by atoms with van der Waals surface area (Å²) in [6.45, 7) is 0. The maximum atomic E-state index is 5.13. The van der Waals surface area contributed by atoms with Crippen LogP contribution in [0.2, 0.25) is 0 Å². The monoisotopic (exact) mass is 201 g/mol. The van der Waals surface area contributed by atoms with Gasteiger partial charge < -0.3 is 9.15 Å². The van der Waals surface area contributed by atoms with E-state index < -0.39 is 0 Å². The van der Waals surface area contributed by atoms with Crippen molar-refractivity contribution in [3.63, 3.8) is 0 Å². The molecule has 2 rings (SSSR count). The number of ether oxygens (including phenoxy) is 1. The molecule has 3 heteroatoms. The molecule has 0 spiro atoms. The summed E-state index contributed by atoms with van der Waals surface area (Å²) in [7, 11) is 1.64. The van der Waals surface area contributed by atoms with Crippen LogP contribution in [0.25, 0.3) is 0 Å². The molecule has 3 nitrogen and oxygen atoms in total. The van der Waals surface area contributed by atoms with Gasteiger partial charge in [0.1, 0.15) is 11.5 Å². The third-order valence-electron chi connectivity index (χ3n) is 1.96. The molecule has 0 unspecified atom stereocenters. The average Bonchev–Trinajstić information content (AvgIpc) is 2.80. The van der Waals surface area contributed by atoms with Gasteiger partial charge in [-0.1, -0.05) is 0 Å². The fourth-order valence-corrected chi connectivity index (χ4v) is 1.17. The van der Waals surface area contributed by atoms with Gasteiger partial charge in [0.2, 0.25) is 0 Å². The van der Waals surface area contributed by atoms with Gasteiger partial charge in [-0.05, 0) is 36.4 Å². The largest absolute Gasteiger partial charge is 0.497 e. The van der Waals surface area contributed by atoms with Crippen LogP contribution in [0, 0.1) is 0 Å². The molecule has 1 aromatic carbocycles. The Morgan fingerprint density at radius 3 is 2.60 bits per heavy atom. The van der Waals surface area contributed by atoms with E-state index in [1.807, 2.05) is 36.4 Å². The molecule has 0 amide bonds. The molecule has 1 heterocycles. The molecule has 0 saturated carbocycles. The Kier molecular flexibility index (Phi) is 2.83. The normalized spacial score (nSPS) is 10.7. The molecule has 15 heavy (non-hydrogen) atoms. The maximum absolute atomic E-state index is 5.13. The van der Waals surface area contributed by atoms with Gasteiger partial charge in [0, 0.05) is 0 Å². The molecule has 0 radical (unpaired) electrons. The van der Waals surface area contributed by atoms with E-state index in [1.54, 1.807) is 19.6 Å². The van der Waals surface area contributed by atoms with Gasteiger partial charge in [0.15, 0.2) is 0 Å². The second-order valence-corrected chi connectivity index (χ2v) is 2.97. The van der Waals surface area contributed by atoms with E-state index in [-0.39, 0.29) is 0 Å². The highest BCUT2D eigenvalue weighted by Gasteiger charge is 1.92. The number of methoxy groups -OCH3 is 1. The molecule has 76 valence electrons. The topological polar surface area (TPSA) is 34.7 Å². The third kappa shape index (κ3) is 2.47. The molecule has 2 aromatic rings. The highest BCUT2D eigenvalue weighted by Crippen LogP contribution is 2.17. The average molecular weight is 201 g/mol. The minimum Gasteiger partial charge on any atom is -0.497 e. The van der Waals surface area contributed by atoms with Crippen molar-refractivity contribution in [2.24, 2.45) is 4.99 Å². The number of furan rings is 1. The van der Waals surface area contributed by atoms with Gasteiger partial charge in [-0.3, -0.25) is 4.99 Å². The Bertz CT molecular complexity index is 429. The zero-order chi connectivity index (χ0) is 10.5. The minimum atomic E-state index is 0.741. The zero-order valence-corrected chi connectivity index (χ0v) is 8.38. The molecule has 0 aliphatic carbocycles. The number of nitrogens with zero attached hydrogens (tertiary/aromatic N) is 1. The summed E-state index contributed by atoms with van der Waals surface area (Å²) < 4.78 is 10.2. The minimum absolute atomic E-state index is 0.741. The molecule has 0 aliphatic rings. The van der Waals surface area contributed by atoms with Gasteiger partial charge in [-0.2, -0.15) is 0 Å². The Morgan fingerprint density at radius 1 is 1.20 bits per heavy atom. The Morgan fingerprint density at radius 2 is 2.00 bits per heavy atom. The second-order valence-electron chi connectivity index (χ2n) is 2.97. The molecule has 0 atom stereocenters. The van der Waals surface area contributed by atoms with Crippen LogP contribution in [0.1, 0.15) is 5.76 Å². The summed E-state index contributed by atoms with van der Waals surface area (Å²) in [5.74, 6) is 1.57. The van der Waals surface area contributed by atoms with Crippen molar-refractivity contribution in [2.75, 3.05) is 7.11 Å². The SMILES string of the molecule is COc1ccc(/N=C/c2ccco2)cc1. The first-order valence-electron chi connectivity index (χ1n) is 4.60. The number of rotatable bonds is 3. The molecule has 1 aromatic heterocycles. The van der Waals surface area contributed by atoms with E-state index in [0.717, 1.165) is 17.2 Å². The van der Waals surface area contributed by atoms with Crippen LogP contribution in [0.5, 0.6) is 5.75 Å². The smallest absolute Gasteiger partial charge is 0.144 e. The fourth-order valence-electron chi connectivity index (χ4n) is 1.17. The van der Waals surface area contributed by atoms with E-state index in [9.17, 15) is 0 Å². The first-order chi connectivity index (χ1) is 7.38. The van der Waals surface area contributed by atoms with E-state index in [2.05, 4.69) is 4.99 Å². The van der Waals surface area contributed by atoms with Crippen molar-refractivity contribution in [3.05, 3.63) is 48.4 Å². The van der Waals surface area contributed by atoms with E-state index in [0.29, 0.717) is 0 Å². The summed E-state index contributed by atoms with van der Waals surface area (Å²) in [5.41, 5.74) is 0.868. The second kappa shape index (κ2) is 4.46. The number of hydrogen-bond donors (Lipinski definition) is 0. The number of hydrogen-bond acceptors (Lipinski definition) is 3. The summed E-state index contributed by atoms with van der Waals surface area (Å²) in [5, 5.41) is 0. The Labute approximate surface area is 88.0 Å². The van der Waals surface area contributed by atoms with Crippen LogP contribution < -0.4 is 4.74 Å². The first kappa shape index (κ1) is 9.52. The van der Waals surface area contributed by atoms with Gasteiger partial charge >= 0.3 is 0 Å². The highest BCUT2D eigenvalue weighted by atomic mass is 16.5. The summed E-state index contributed by atoms with van der Waals surface area (Å²) in [6, 6.07) is 11.2. The molecule has 0 bridgehead atoms. The Hall–Kier alpha value is -2.03. The van der Waals surface area contributed by atoms with E-state index in [4.69, 9.17) is 9.15 Å². The lowest BCUT2D eigenvalue weighted by Gasteiger charge is -1.98. The van der Waals surface area contributed by atoms with Crippen molar-refractivity contribution in [3.8, 4) is 5.75 Å². The van der Waals surface area contributed by atoms with Crippen LogP contribution >= 0.6 is 0 Å². The fraction of sp³-hybridized carbons (Fsp3) is 0.0833. The van der Waals surface area contributed by atoms with Crippen molar-refractivity contribution in [1.29, 1.82) is 0 Å². The van der Waals surface area contributed by atoms with Gasteiger partial charge in [-0.25, -0.2) is 0 Å². The molecular weight excluding hydrogens is 190 g/mol. The predicted molar refractivity (Wildman–Crippen MR) is 59.0 cm³/mol. The molecule has 0 N–H and O–H groups in total. The van der Waals surface area contributed by atoms with Gasteiger partial charge in [0.25, 0.3) is 0 Å². The standard InChI is InChI=1S/C12H11NO2/c1-14-11-6-4-10(5-7-11)13-9-12-3-2-8-15-12/h2-9H,1H3/b13-9+. The summed E-state index contributed by atoms with van der Waals surface area (Å²) >= 11 is 0. The quantitative estimate of drug-likeness (QED) is 0.715. The Balaban J connectivity index is 2.11. The van der Waals surface area contributed by atoms with Crippen molar-refractivity contribution < 1.29 is 9.15 Å². The predicted octanol–water partition coefficient (Wildman–Crippen LogP) is 3.04. The van der Waals surface area contributed by atoms with Crippen LogP contribution in [0.15, 0.2) is 52.1 Å². The third-order valence-corrected chi connectivity index (χ3v) is 1.96. The maximum Gasteiger partial charge on any atom is 0.144 e. The number of benzene rings is 1. The molecule has 0 saturated heterocycles. The van der Waals surface area contributed by atoms with Crippen LogP contribution in [-0.4, -0.2) is 13.3 Å². The van der Waals surface area contributed by atoms with Crippen molar-refractivity contribution in [2.45, 2.75) is 0 Å². The lowest BCUT2D eigenvalue weighted by molar-refractivity contribution is 0.415. The number of aliphatic imine (C=N–C) groups is 1. The summed E-state index contributed by atoms with van der Waals surface area (Å²) in [4.78, 5) is 4.25. The lowest BCUT2D eigenvalue weighted by atomic mass is 10.3. The van der Waals surface area contributed by atoms with E-state index in [1.165, 1.54) is 0 Å². The van der Waals surface area contributed by atoms with Crippen LogP contribution in [0.3, 0.4) is 0 Å².